The zero-order chi connectivity index (χ0) is 35.8. The molecule has 0 saturated carbocycles. The molecule has 10 rings (SSSR count). The van der Waals surface area contributed by atoms with Gasteiger partial charge in [0, 0.05) is 33.3 Å². The topological polar surface area (TPSA) is 53.5 Å². The molecule has 0 spiro atoms. The lowest BCUT2D eigenvalue weighted by molar-refractivity contribution is 0.952. The Balaban J connectivity index is 1.43. The molecule has 254 valence electrons. The van der Waals surface area contributed by atoms with Crippen molar-refractivity contribution in [3.05, 3.63) is 168 Å². The summed E-state index contributed by atoms with van der Waals surface area (Å²) in [5.74, 6) is 1.86. The molecule has 0 aliphatic rings. The number of nitrogens with zero attached hydrogens (tertiary/aromatic N) is 6. The van der Waals surface area contributed by atoms with E-state index < -0.39 is 0 Å². The summed E-state index contributed by atoms with van der Waals surface area (Å²) in [4.78, 5) is 15.9. The van der Waals surface area contributed by atoms with Crippen molar-refractivity contribution in [1.82, 2.24) is 28.7 Å². The summed E-state index contributed by atoms with van der Waals surface area (Å²) < 4.78 is 7.10. The van der Waals surface area contributed by atoms with Gasteiger partial charge in [-0.05, 0) is 88.4 Å². The maximum Gasteiger partial charge on any atom is 0.238 e. The van der Waals surface area contributed by atoms with Crippen molar-refractivity contribution < 1.29 is 0 Å². The quantitative estimate of drug-likeness (QED) is 0.181. The predicted molar refractivity (Wildman–Crippen MR) is 218 cm³/mol. The molecule has 0 amide bonds. The van der Waals surface area contributed by atoms with E-state index in [4.69, 9.17) is 15.0 Å². The lowest BCUT2D eigenvalue weighted by atomic mass is 10.1. The van der Waals surface area contributed by atoms with Gasteiger partial charge in [-0.25, -0.2) is 4.98 Å². The van der Waals surface area contributed by atoms with Crippen LogP contribution in [0.25, 0.3) is 84.0 Å². The fraction of sp³-hybridized carbons (Fsp3) is 0.0851. The smallest absolute Gasteiger partial charge is 0.238 e. The lowest BCUT2D eigenvalue weighted by Crippen LogP contribution is -2.07. The minimum absolute atomic E-state index is 0.575. The summed E-state index contributed by atoms with van der Waals surface area (Å²) in [5, 5.41) is 2.29. The average molecular weight is 685 g/mol. The van der Waals surface area contributed by atoms with E-state index in [1.807, 2.05) is 0 Å². The van der Waals surface area contributed by atoms with E-state index in [-0.39, 0.29) is 0 Å². The average Bonchev–Trinajstić information content (AvgIpc) is 3.80. The van der Waals surface area contributed by atoms with Crippen LogP contribution in [0.15, 0.2) is 146 Å². The standard InChI is InChI=1S/C47H36N6/c1-29-23-30(2)26-33(25-29)45-48-46(34-27-31(3)24-32(4)28-34)50-47(49-45)53-40-22-14-12-20-38(40)42-44(53)43-41(52(42)36-17-9-6-10-18-36)37-19-11-13-21-39(37)51(43)35-15-7-5-8-16-35/h5-28H,1-4H3. The van der Waals surface area contributed by atoms with Crippen molar-refractivity contribution in [2.24, 2.45) is 0 Å². The zero-order valence-electron chi connectivity index (χ0n) is 30.0. The van der Waals surface area contributed by atoms with Gasteiger partial charge in [0.2, 0.25) is 5.95 Å². The molecule has 4 aromatic heterocycles. The summed E-state index contributed by atoms with van der Waals surface area (Å²) in [6.07, 6.45) is 0. The second-order valence-electron chi connectivity index (χ2n) is 14.1. The highest BCUT2D eigenvalue weighted by Gasteiger charge is 2.29. The van der Waals surface area contributed by atoms with Crippen LogP contribution in [0.2, 0.25) is 0 Å². The first-order chi connectivity index (χ1) is 25.9. The number of benzene rings is 6. The van der Waals surface area contributed by atoms with Crippen molar-refractivity contribution in [3.63, 3.8) is 0 Å². The number of rotatable bonds is 5. The van der Waals surface area contributed by atoms with Crippen LogP contribution in [-0.2, 0) is 0 Å². The lowest BCUT2D eigenvalue weighted by Gasteiger charge is -2.13. The van der Waals surface area contributed by atoms with E-state index in [2.05, 4.69) is 187 Å². The van der Waals surface area contributed by atoms with Crippen molar-refractivity contribution in [2.45, 2.75) is 27.7 Å². The van der Waals surface area contributed by atoms with E-state index >= 15 is 0 Å². The van der Waals surface area contributed by atoms with Crippen LogP contribution < -0.4 is 0 Å². The highest BCUT2D eigenvalue weighted by Crippen LogP contribution is 2.45. The molecular formula is C47H36N6. The summed E-state index contributed by atoms with van der Waals surface area (Å²) >= 11 is 0. The van der Waals surface area contributed by atoms with E-state index in [0.717, 1.165) is 83.2 Å². The van der Waals surface area contributed by atoms with Gasteiger partial charge in [-0.1, -0.05) is 107 Å². The van der Waals surface area contributed by atoms with Gasteiger partial charge in [-0.3, -0.25) is 4.57 Å². The molecule has 0 aliphatic carbocycles. The first kappa shape index (κ1) is 31.0. The molecule has 0 bridgehead atoms. The molecule has 0 atom stereocenters. The van der Waals surface area contributed by atoms with Crippen molar-refractivity contribution in [3.8, 4) is 40.1 Å². The maximum absolute atomic E-state index is 5.37. The molecule has 0 radical (unpaired) electrons. The van der Waals surface area contributed by atoms with E-state index in [1.54, 1.807) is 0 Å². The number of hydrogen-bond acceptors (Lipinski definition) is 3. The highest BCUT2D eigenvalue weighted by molar-refractivity contribution is 6.25. The summed E-state index contributed by atoms with van der Waals surface area (Å²) in [6, 6.07) is 51.7. The second-order valence-corrected chi connectivity index (χ2v) is 14.1. The fourth-order valence-electron chi connectivity index (χ4n) is 8.26. The molecule has 0 aliphatic heterocycles. The summed E-state index contributed by atoms with van der Waals surface area (Å²) in [5.41, 5.74) is 15.3. The molecule has 6 nitrogen and oxygen atoms in total. The Morgan fingerprint density at radius 3 is 1.25 bits per heavy atom. The SMILES string of the molecule is Cc1cc(C)cc(-c2nc(-c3cc(C)cc(C)c3)nc(-n3c4ccccc4c4c3c3c(c5ccccc5n3-c3ccccc3)n4-c3ccccc3)n2)c1. The number of hydrogen-bond donors (Lipinski definition) is 0. The summed E-state index contributed by atoms with van der Waals surface area (Å²) in [6.45, 7) is 8.49. The van der Waals surface area contributed by atoms with Crippen LogP contribution in [0.1, 0.15) is 22.3 Å². The van der Waals surface area contributed by atoms with Gasteiger partial charge < -0.3 is 9.13 Å². The van der Waals surface area contributed by atoms with Crippen LogP contribution in [-0.4, -0.2) is 28.7 Å². The van der Waals surface area contributed by atoms with E-state index in [9.17, 15) is 0 Å². The Bertz CT molecular complexity index is 2930. The molecule has 53 heavy (non-hydrogen) atoms. The molecule has 0 N–H and O–H groups in total. The first-order valence-electron chi connectivity index (χ1n) is 18.0. The van der Waals surface area contributed by atoms with E-state index in [1.165, 1.54) is 5.39 Å². The Morgan fingerprint density at radius 2 is 0.755 bits per heavy atom. The maximum atomic E-state index is 5.37. The summed E-state index contributed by atoms with van der Waals surface area (Å²) in [7, 11) is 0. The number of aromatic nitrogens is 6. The molecule has 6 aromatic carbocycles. The molecule has 0 saturated heterocycles. The van der Waals surface area contributed by atoms with Gasteiger partial charge >= 0.3 is 0 Å². The van der Waals surface area contributed by atoms with Gasteiger partial charge in [0.25, 0.3) is 0 Å². The van der Waals surface area contributed by atoms with Crippen LogP contribution in [0.3, 0.4) is 0 Å². The minimum atomic E-state index is 0.575. The van der Waals surface area contributed by atoms with Gasteiger partial charge in [-0.2, -0.15) is 9.97 Å². The molecule has 10 aromatic rings. The molecule has 0 unspecified atom stereocenters. The van der Waals surface area contributed by atoms with Crippen LogP contribution >= 0.6 is 0 Å². The van der Waals surface area contributed by atoms with Crippen LogP contribution in [0.5, 0.6) is 0 Å². The van der Waals surface area contributed by atoms with Crippen molar-refractivity contribution in [2.75, 3.05) is 0 Å². The third-order valence-corrected chi connectivity index (χ3v) is 10.2. The van der Waals surface area contributed by atoms with Crippen LogP contribution in [0, 0.1) is 27.7 Å². The Morgan fingerprint density at radius 1 is 0.358 bits per heavy atom. The normalized spacial score (nSPS) is 11.8. The van der Waals surface area contributed by atoms with Gasteiger partial charge in [0.15, 0.2) is 11.6 Å². The van der Waals surface area contributed by atoms with E-state index in [0.29, 0.717) is 17.6 Å². The van der Waals surface area contributed by atoms with Gasteiger partial charge in [0.1, 0.15) is 5.52 Å². The predicted octanol–water partition coefficient (Wildman–Crippen LogP) is 11.4. The number of aryl methyl sites for hydroxylation is 4. The minimum Gasteiger partial charge on any atom is -0.306 e. The highest BCUT2D eigenvalue weighted by atomic mass is 15.2. The molecule has 4 heterocycles. The van der Waals surface area contributed by atoms with Gasteiger partial charge in [0.05, 0.1) is 27.6 Å². The molecule has 0 fully saturated rings. The third kappa shape index (κ3) is 4.90. The number of fused-ring (bicyclic) bond motifs is 7. The Labute approximate surface area is 307 Å². The fourth-order valence-corrected chi connectivity index (χ4v) is 8.26. The zero-order valence-corrected chi connectivity index (χ0v) is 30.0. The number of para-hydroxylation sites is 4. The monoisotopic (exact) mass is 684 g/mol. The Hall–Kier alpha value is -6.79. The molecule has 6 heteroatoms. The van der Waals surface area contributed by atoms with Crippen molar-refractivity contribution in [1.29, 1.82) is 0 Å². The Kier molecular flexibility index (Phi) is 6.95. The van der Waals surface area contributed by atoms with Crippen molar-refractivity contribution >= 4 is 43.9 Å². The van der Waals surface area contributed by atoms with Gasteiger partial charge in [-0.15, -0.1) is 0 Å². The largest absolute Gasteiger partial charge is 0.306 e. The second kappa shape index (κ2) is 11.9. The first-order valence-corrected chi connectivity index (χ1v) is 18.0. The third-order valence-electron chi connectivity index (χ3n) is 10.2. The molecular weight excluding hydrogens is 649 g/mol. The van der Waals surface area contributed by atoms with Crippen LogP contribution in [0.4, 0.5) is 0 Å².